The highest BCUT2D eigenvalue weighted by molar-refractivity contribution is 5.39. The molecule has 1 atom stereocenters. The lowest BCUT2D eigenvalue weighted by Crippen LogP contribution is -2.44. The van der Waals surface area contributed by atoms with E-state index in [4.69, 9.17) is 14.2 Å². The molecule has 0 aromatic heterocycles. The summed E-state index contributed by atoms with van der Waals surface area (Å²) in [5.41, 5.74) is 2.63. The van der Waals surface area contributed by atoms with Crippen LogP contribution in [-0.4, -0.2) is 44.4 Å². The van der Waals surface area contributed by atoms with Gasteiger partial charge in [-0.25, -0.2) is 0 Å². The van der Waals surface area contributed by atoms with Crippen molar-refractivity contribution in [3.05, 3.63) is 59.7 Å². The Morgan fingerprint density at radius 1 is 1.08 bits per heavy atom. The van der Waals surface area contributed by atoms with Gasteiger partial charge in [-0.15, -0.1) is 0 Å². The molecule has 0 saturated carbocycles. The van der Waals surface area contributed by atoms with Crippen LogP contribution in [0.15, 0.2) is 48.5 Å². The van der Waals surface area contributed by atoms with E-state index in [0.717, 1.165) is 37.7 Å². The Morgan fingerprint density at radius 3 is 2.58 bits per heavy atom. The van der Waals surface area contributed by atoms with E-state index in [2.05, 4.69) is 36.1 Å². The van der Waals surface area contributed by atoms with Crippen LogP contribution >= 0.6 is 0 Å². The zero-order chi connectivity index (χ0) is 16.8. The number of aryl methyl sites for hydroxylation is 1. The van der Waals surface area contributed by atoms with Crippen molar-refractivity contribution in [2.75, 3.05) is 33.4 Å². The van der Waals surface area contributed by atoms with Gasteiger partial charge in [-0.05, 0) is 24.6 Å². The molecule has 2 aromatic carbocycles. The molecule has 0 bridgehead atoms. The minimum Gasteiger partial charge on any atom is -0.493 e. The summed E-state index contributed by atoms with van der Waals surface area (Å²) in [4.78, 5) is 2.42. The van der Waals surface area contributed by atoms with Crippen molar-refractivity contribution in [2.24, 2.45) is 0 Å². The third-order valence-electron chi connectivity index (χ3n) is 4.24. The van der Waals surface area contributed by atoms with Crippen molar-refractivity contribution in [1.29, 1.82) is 0 Å². The lowest BCUT2D eigenvalue weighted by molar-refractivity contribution is -0.0506. The molecule has 128 valence electrons. The Hall–Kier alpha value is -2.04. The molecular weight excluding hydrogens is 302 g/mol. The van der Waals surface area contributed by atoms with E-state index in [1.165, 1.54) is 11.1 Å². The third kappa shape index (κ3) is 4.49. The molecule has 0 radical (unpaired) electrons. The first-order valence-corrected chi connectivity index (χ1v) is 8.40. The second-order valence-corrected chi connectivity index (χ2v) is 6.18. The van der Waals surface area contributed by atoms with Gasteiger partial charge in [-0.2, -0.15) is 0 Å². The molecule has 1 heterocycles. The zero-order valence-electron chi connectivity index (χ0n) is 14.4. The van der Waals surface area contributed by atoms with Crippen molar-refractivity contribution in [3.8, 4) is 11.5 Å². The Balaban J connectivity index is 1.52. The van der Waals surface area contributed by atoms with Crippen molar-refractivity contribution in [3.63, 3.8) is 0 Å². The van der Waals surface area contributed by atoms with E-state index >= 15 is 0 Å². The van der Waals surface area contributed by atoms with Gasteiger partial charge in [0.2, 0.25) is 0 Å². The van der Waals surface area contributed by atoms with Crippen LogP contribution in [0.5, 0.6) is 11.5 Å². The van der Waals surface area contributed by atoms with E-state index in [0.29, 0.717) is 6.61 Å². The Bertz CT molecular complexity index is 642. The monoisotopic (exact) mass is 327 g/mol. The van der Waals surface area contributed by atoms with Gasteiger partial charge in [-0.1, -0.05) is 42.0 Å². The summed E-state index contributed by atoms with van der Waals surface area (Å²) in [7, 11) is 1.66. The summed E-state index contributed by atoms with van der Waals surface area (Å²) < 4.78 is 17.1. The van der Waals surface area contributed by atoms with Crippen LogP contribution in [0.25, 0.3) is 0 Å². The number of morpholine rings is 1. The van der Waals surface area contributed by atoms with Crippen LogP contribution in [0.2, 0.25) is 0 Å². The summed E-state index contributed by atoms with van der Waals surface area (Å²) in [6.45, 7) is 6.18. The largest absolute Gasteiger partial charge is 0.493 e. The number of methoxy groups -OCH3 is 1. The fourth-order valence-electron chi connectivity index (χ4n) is 2.90. The van der Waals surface area contributed by atoms with E-state index in [1.807, 2.05) is 24.3 Å². The highest BCUT2D eigenvalue weighted by Gasteiger charge is 2.21. The lowest BCUT2D eigenvalue weighted by atomic mass is 10.1. The second kappa shape index (κ2) is 8.18. The minimum absolute atomic E-state index is 0.0779. The molecule has 0 amide bonds. The smallest absolute Gasteiger partial charge is 0.161 e. The number of para-hydroxylation sites is 2. The quantitative estimate of drug-likeness (QED) is 0.815. The van der Waals surface area contributed by atoms with Crippen LogP contribution in [0.3, 0.4) is 0 Å². The molecule has 3 rings (SSSR count). The van der Waals surface area contributed by atoms with Gasteiger partial charge in [0.15, 0.2) is 11.5 Å². The van der Waals surface area contributed by atoms with E-state index in [9.17, 15) is 0 Å². The van der Waals surface area contributed by atoms with Gasteiger partial charge in [0.05, 0.1) is 13.7 Å². The van der Waals surface area contributed by atoms with Gasteiger partial charge < -0.3 is 14.2 Å². The molecule has 2 aromatic rings. The molecule has 4 nitrogen and oxygen atoms in total. The van der Waals surface area contributed by atoms with E-state index in [1.54, 1.807) is 7.11 Å². The molecular formula is C20H25NO3. The summed E-state index contributed by atoms with van der Waals surface area (Å²) in [6, 6.07) is 16.4. The van der Waals surface area contributed by atoms with Crippen LogP contribution in [-0.2, 0) is 11.3 Å². The zero-order valence-corrected chi connectivity index (χ0v) is 14.4. The van der Waals surface area contributed by atoms with Crippen LogP contribution < -0.4 is 9.47 Å². The molecule has 24 heavy (non-hydrogen) atoms. The van der Waals surface area contributed by atoms with Crippen molar-refractivity contribution >= 4 is 0 Å². The Kier molecular flexibility index (Phi) is 5.72. The maximum Gasteiger partial charge on any atom is 0.161 e. The van der Waals surface area contributed by atoms with Gasteiger partial charge in [0.1, 0.15) is 12.7 Å². The summed E-state index contributed by atoms with van der Waals surface area (Å²) in [6.07, 6.45) is 0.0779. The number of hydrogen-bond donors (Lipinski definition) is 0. The van der Waals surface area contributed by atoms with Gasteiger partial charge in [-0.3, -0.25) is 4.90 Å². The average molecular weight is 327 g/mol. The highest BCUT2D eigenvalue weighted by atomic mass is 16.5. The first kappa shape index (κ1) is 16.8. The maximum atomic E-state index is 5.91. The van der Waals surface area contributed by atoms with Crippen molar-refractivity contribution < 1.29 is 14.2 Å². The standard InChI is InChI=1S/C20H25NO3/c1-16-7-9-17(10-8-16)13-21-11-12-23-18(14-21)15-24-20-6-4-3-5-19(20)22-2/h3-10,18H,11-15H2,1-2H3/t18-/m0/s1. The number of ether oxygens (including phenoxy) is 3. The highest BCUT2D eigenvalue weighted by Crippen LogP contribution is 2.26. The number of benzene rings is 2. The predicted octanol–water partition coefficient (Wildman–Crippen LogP) is 3.28. The average Bonchev–Trinajstić information content (AvgIpc) is 2.62. The van der Waals surface area contributed by atoms with Crippen molar-refractivity contribution in [1.82, 2.24) is 4.90 Å². The molecule has 0 spiro atoms. The summed E-state index contributed by atoms with van der Waals surface area (Å²) >= 11 is 0. The topological polar surface area (TPSA) is 30.9 Å². The lowest BCUT2D eigenvalue weighted by Gasteiger charge is -2.32. The number of nitrogens with zero attached hydrogens (tertiary/aromatic N) is 1. The SMILES string of the molecule is COc1ccccc1OC[C@@H]1CN(Cc2ccc(C)cc2)CCO1. The van der Waals surface area contributed by atoms with Crippen LogP contribution in [0, 0.1) is 6.92 Å². The predicted molar refractivity (Wildman–Crippen MR) is 94.7 cm³/mol. The second-order valence-electron chi connectivity index (χ2n) is 6.18. The number of hydrogen-bond acceptors (Lipinski definition) is 4. The van der Waals surface area contributed by atoms with Gasteiger partial charge >= 0.3 is 0 Å². The summed E-state index contributed by atoms with van der Waals surface area (Å²) in [5, 5.41) is 0. The van der Waals surface area contributed by atoms with Crippen LogP contribution in [0.1, 0.15) is 11.1 Å². The summed E-state index contributed by atoms with van der Waals surface area (Å²) in [5.74, 6) is 1.52. The maximum absolute atomic E-state index is 5.91. The van der Waals surface area contributed by atoms with E-state index in [-0.39, 0.29) is 6.10 Å². The first-order chi connectivity index (χ1) is 11.7. The van der Waals surface area contributed by atoms with Gasteiger partial charge in [0.25, 0.3) is 0 Å². The van der Waals surface area contributed by atoms with Gasteiger partial charge in [0, 0.05) is 19.6 Å². The van der Waals surface area contributed by atoms with Crippen LogP contribution in [0.4, 0.5) is 0 Å². The molecule has 1 aliphatic rings. The van der Waals surface area contributed by atoms with E-state index < -0.39 is 0 Å². The minimum atomic E-state index is 0.0779. The Morgan fingerprint density at radius 2 is 1.83 bits per heavy atom. The molecule has 1 saturated heterocycles. The molecule has 4 heteroatoms. The first-order valence-electron chi connectivity index (χ1n) is 8.40. The third-order valence-corrected chi connectivity index (χ3v) is 4.24. The molecule has 1 fully saturated rings. The molecule has 0 N–H and O–H groups in total. The molecule has 0 unspecified atom stereocenters. The van der Waals surface area contributed by atoms with Crippen molar-refractivity contribution in [2.45, 2.75) is 19.6 Å². The fraction of sp³-hybridized carbons (Fsp3) is 0.400. The fourth-order valence-corrected chi connectivity index (χ4v) is 2.90. The Labute approximate surface area is 144 Å². The normalized spacial score (nSPS) is 18.3. The number of rotatable bonds is 6. The molecule has 1 aliphatic heterocycles. The molecule has 0 aliphatic carbocycles.